The third kappa shape index (κ3) is 2.77. The molecule has 2 atom stereocenters. The van der Waals surface area contributed by atoms with Crippen LogP contribution in [0.2, 0.25) is 0 Å². The summed E-state index contributed by atoms with van der Waals surface area (Å²) in [5.41, 5.74) is 0. The van der Waals surface area contributed by atoms with Crippen LogP contribution < -0.4 is 0 Å². The molecule has 4 nitrogen and oxygen atoms in total. The van der Waals surface area contributed by atoms with Gasteiger partial charge in [-0.15, -0.1) is 0 Å². The molecule has 0 spiro atoms. The van der Waals surface area contributed by atoms with E-state index in [1.807, 2.05) is 13.8 Å². The lowest BCUT2D eigenvalue weighted by molar-refractivity contribution is -0.0440. The Morgan fingerprint density at radius 2 is 1.78 bits per heavy atom. The first-order valence-electron chi connectivity index (χ1n) is 5.81. The van der Waals surface area contributed by atoms with Gasteiger partial charge < -0.3 is 4.74 Å². The van der Waals surface area contributed by atoms with Crippen molar-refractivity contribution < 1.29 is 13.2 Å². The Kier molecular flexibility index (Phi) is 4.11. The lowest BCUT2D eigenvalue weighted by Crippen LogP contribution is -2.48. The van der Waals surface area contributed by atoms with E-state index in [1.54, 1.807) is 24.3 Å². The molecule has 1 aromatic rings. The number of rotatable bonds is 2. The Labute approximate surface area is 116 Å². The smallest absolute Gasteiger partial charge is 0.244 e. The molecule has 6 heteroatoms. The molecule has 100 valence electrons. The zero-order valence-electron chi connectivity index (χ0n) is 10.3. The third-order valence-electron chi connectivity index (χ3n) is 2.84. The average Bonchev–Trinajstić information content (AvgIpc) is 2.28. The third-order valence-corrected chi connectivity index (χ3v) is 5.68. The van der Waals surface area contributed by atoms with Gasteiger partial charge in [0.15, 0.2) is 0 Å². The summed E-state index contributed by atoms with van der Waals surface area (Å²) >= 11 is 3.29. The van der Waals surface area contributed by atoms with E-state index < -0.39 is 10.0 Å². The number of sulfonamides is 1. The van der Waals surface area contributed by atoms with E-state index in [2.05, 4.69) is 15.9 Å². The average molecular weight is 334 g/mol. The fourth-order valence-corrected chi connectivity index (χ4v) is 4.67. The Bertz CT molecular complexity index is 522. The zero-order chi connectivity index (χ0) is 13.3. The fourth-order valence-electron chi connectivity index (χ4n) is 2.12. The molecule has 18 heavy (non-hydrogen) atoms. The predicted octanol–water partition coefficient (Wildman–Crippen LogP) is 2.25. The van der Waals surface area contributed by atoms with Crippen LogP contribution in [-0.2, 0) is 14.8 Å². The van der Waals surface area contributed by atoms with Crippen molar-refractivity contribution in [3.05, 3.63) is 28.7 Å². The molecule has 1 aliphatic heterocycles. The van der Waals surface area contributed by atoms with Crippen LogP contribution in [0, 0.1) is 0 Å². The molecule has 1 saturated heterocycles. The van der Waals surface area contributed by atoms with E-state index in [9.17, 15) is 8.42 Å². The van der Waals surface area contributed by atoms with Crippen LogP contribution in [-0.4, -0.2) is 38.0 Å². The SMILES string of the molecule is C[C@@H]1CN(S(=O)(=O)c2ccccc2Br)C[C@@H](C)O1. The summed E-state index contributed by atoms with van der Waals surface area (Å²) in [5.74, 6) is 0. The first-order valence-corrected chi connectivity index (χ1v) is 8.04. The number of morpholine rings is 1. The first-order chi connectivity index (χ1) is 8.41. The molecule has 0 amide bonds. The highest BCUT2D eigenvalue weighted by atomic mass is 79.9. The maximum Gasteiger partial charge on any atom is 0.244 e. The number of ether oxygens (including phenoxy) is 1. The van der Waals surface area contributed by atoms with Crippen LogP contribution in [0.25, 0.3) is 0 Å². The van der Waals surface area contributed by atoms with Gasteiger partial charge in [0.25, 0.3) is 0 Å². The van der Waals surface area contributed by atoms with Crippen molar-refractivity contribution in [3.63, 3.8) is 0 Å². The second kappa shape index (κ2) is 5.28. The molecule has 1 heterocycles. The van der Waals surface area contributed by atoms with Crippen molar-refractivity contribution in [2.24, 2.45) is 0 Å². The molecule has 0 bridgehead atoms. The van der Waals surface area contributed by atoms with Gasteiger partial charge in [0, 0.05) is 17.6 Å². The van der Waals surface area contributed by atoms with Crippen molar-refractivity contribution in [1.29, 1.82) is 0 Å². The lowest BCUT2D eigenvalue weighted by Gasteiger charge is -2.34. The molecule has 1 aromatic carbocycles. The molecule has 2 rings (SSSR count). The van der Waals surface area contributed by atoms with Gasteiger partial charge in [0.05, 0.1) is 17.1 Å². The van der Waals surface area contributed by atoms with Crippen LogP contribution in [0.4, 0.5) is 0 Å². The van der Waals surface area contributed by atoms with E-state index >= 15 is 0 Å². The Morgan fingerprint density at radius 1 is 1.22 bits per heavy atom. The Balaban J connectivity index is 2.34. The van der Waals surface area contributed by atoms with Gasteiger partial charge in [0.1, 0.15) is 0 Å². The summed E-state index contributed by atoms with van der Waals surface area (Å²) in [6.45, 7) is 4.57. The summed E-state index contributed by atoms with van der Waals surface area (Å²) in [5, 5.41) is 0. The van der Waals surface area contributed by atoms with Crippen LogP contribution in [0.15, 0.2) is 33.6 Å². The van der Waals surface area contributed by atoms with E-state index in [0.717, 1.165) is 0 Å². The first kappa shape index (κ1) is 14.0. The van der Waals surface area contributed by atoms with E-state index in [-0.39, 0.29) is 12.2 Å². The van der Waals surface area contributed by atoms with Crippen LogP contribution in [0.5, 0.6) is 0 Å². The topological polar surface area (TPSA) is 46.6 Å². The predicted molar refractivity (Wildman–Crippen MR) is 72.9 cm³/mol. The Morgan fingerprint density at radius 3 is 2.33 bits per heavy atom. The summed E-state index contributed by atoms with van der Waals surface area (Å²) < 4.78 is 32.7. The highest BCUT2D eigenvalue weighted by Gasteiger charge is 2.32. The van der Waals surface area contributed by atoms with Crippen LogP contribution in [0.3, 0.4) is 0 Å². The standard InChI is InChI=1S/C12H16BrNO3S/c1-9-7-14(8-10(2)17-9)18(15,16)12-6-4-3-5-11(12)13/h3-6,9-10H,7-8H2,1-2H3/t9-,10-/m1/s1. The van der Waals surface area contributed by atoms with E-state index in [1.165, 1.54) is 4.31 Å². The van der Waals surface area contributed by atoms with Gasteiger partial charge >= 0.3 is 0 Å². The highest BCUT2D eigenvalue weighted by Crippen LogP contribution is 2.26. The summed E-state index contributed by atoms with van der Waals surface area (Å²) in [6.07, 6.45) is -0.156. The number of nitrogens with zero attached hydrogens (tertiary/aromatic N) is 1. The lowest BCUT2D eigenvalue weighted by atomic mass is 10.3. The quantitative estimate of drug-likeness (QED) is 0.833. The largest absolute Gasteiger partial charge is 0.373 e. The summed E-state index contributed by atoms with van der Waals surface area (Å²) in [7, 11) is -3.45. The number of benzene rings is 1. The van der Waals surface area contributed by atoms with E-state index in [0.29, 0.717) is 22.5 Å². The molecule has 0 saturated carbocycles. The van der Waals surface area contributed by atoms with Gasteiger partial charge in [-0.1, -0.05) is 12.1 Å². The van der Waals surface area contributed by atoms with Gasteiger partial charge in [-0.3, -0.25) is 0 Å². The maximum atomic E-state index is 12.5. The minimum atomic E-state index is -3.45. The minimum Gasteiger partial charge on any atom is -0.373 e. The fraction of sp³-hybridized carbons (Fsp3) is 0.500. The molecule has 1 fully saturated rings. The number of hydrogen-bond donors (Lipinski definition) is 0. The number of halogens is 1. The number of hydrogen-bond acceptors (Lipinski definition) is 3. The van der Waals surface area contributed by atoms with Crippen molar-refractivity contribution in [1.82, 2.24) is 4.31 Å². The van der Waals surface area contributed by atoms with Crippen LogP contribution >= 0.6 is 15.9 Å². The minimum absolute atomic E-state index is 0.0778. The van der Waals surface area contributed by atoms with Crippen LogP contribution in [0.1, 0.15) is 13.8 Å². The van der Waals surface area contributed by atoms with Gasteiger partial charge in [0.2, 0.25) is 10.0 Å². The molecular formula is C12H16BrNO3S. The van der Waals surface area contributed by atoms with E-state index in [4.69, 9.17) is 4.74 Å². The van der Waals surface area contributed by atoms with Crippen molar-refractivity contribution in [2.45, 2.75) is 31.0 Å². The van der Waals surface area contributed by atoms with Gasteiger partial charge in [-0.05, 0) is 41.9 Å². The normalized spacial score (nSPS) is 26.2. The molecule has 0 N–H and O–H groups in total. The Hall–Kier alpha value is -0.430. The second-order valence-electron chi connectivity index (χ2n) is 4.51. The summed E-state index contributed by atoms with van der Waals surface area (Å²) in [6, 6.07) is 6.88. The maximum absolute atomic E-state index is 12.5. The summed E-state index contributed by atoms with van der Waals surface area (Å²) in [4.78, 5) is 0.311. The van der Waals surface area contributed by atoms with Crippen molar-refractivity contribution in [3.8, 4) is 0 Å². The van der Waals surface area contributed by atoms with Crippen molar-refractivity contribution >= 4 is 26.0 Å². The van der Waals surface area contributed by atoms with Gasteiger partial charge in [-0.2, -0.15) is 4.31 Å². The highest BCUT2D eigenvalue weighted by molar-refractivity contribution is 9.10. The van der Waals surface area contributed by atoms with Crippen molar-refractivity contribution in [2.75, 3.05) is 13.1 Å². The van der Waals surface area contributed by atoms with Gasteiger partial charge in [-0.25, -0.2) is 8.42 Å². The second-order valence-corrected chi connectivity index (χ2v) is 7.27. The molecule has 0 aliphatic carbocycles. The zero-order valence-corrected chi connectivity index (χ0v) is 12.7. The molecule has 0 unspecified atom stereocenters. The molecule has 1 aliphatic rings. The molecule has 0 radical (unpaired) electrons. The molecule has 0 aromatic heterocycles. The monoisotopic (exact) mass is 333 g/mol. The molecular weight excluding hydrogens is 318 g/mol.